The molecular formula is C19H23N3O3. The lowest BCUT2D eigenvalue weighted by molar-refractivity contribution is -0.386. The summed E-state index contributed by atoms with van der Waals surface area (Å²) in [6.07, 6.45) is 0. The molecule has 0 aromatic heterocycles. The zero-order chi connectivity index (χ0) is 18.6. The number of rotatable bonds is 5. The van der Waals surface area contributed by atoms with Gasteiger partial charge in [-0.2, -0.15) is 0 Å². The minimum atomic E-state index is -0.451. The Labute approximate surface area is 147 Å². The first-order valence-electron chi connectivity index (χ1n) is 8.08. The number of amides is 1. The predicted molar refractivity (Wildman–Crippen MR) is 97.5 cm³/mol. The Balaban J connectivity index is 2.14. The molecule has 0 aliphatic heterocycles. The summed E-state index contributed by atoms with van der Waals surface area (Å²) in [6, 6.07) is 13.7. The molecule has 0 aliphatic carbocycles. The number of nitro benzene ring substituents is 1. The molecule has 0 heterocycles. The summed E-state index contributed by atoms with van der Waals surface area (Å²) < 4.78 is 0. The molecule has 6 heteroatoms. The van der Waals surface area contributed by atoms with Gasteiger partial charge in [0.2, 0.25) is 0 Å². The Bertz CT molecular complexity index is 767. The number of nitro groups is 1. The SMILES string of the molecule is CC(C)(C)c1ccc(C(=O)NCC(N)c2ccccc2)cc1[N+](=O)[O-]. The molecule has 0 saturated heterocycles. The van der Waals surface area contributed by atoms with Crippen LogP contribution in [0, 0.1) is 10.1 Å². The molecule has 2 aromatic carbocycles. The third-order valence-electron chi connectivity index (χ3n) is 3.97. The van der Waals surface area contributed by atoms with Crippen LogP contribution in [0.3, 0.4) is 0 Å². The maximum atomic E-state index is 12.3. The van der Waals surface area contributed by atoms with Gasteiger partial charge in [0.05, 0.1) is 4.92 Å². The number of nitrogens with one attached hydrogen (secondary N) is 1. The number of nitrogens with zero attached hydrogens (tertiary/aromatic N) is 1. The van der Waals surface area contributed by atoms with Crippen LogP contribution in [0.15, 0.2) is 48.5 Å². The van der Waals surface area contributed by atoms with Crippen LogP contribution in [-0.4, -0.2) is 17.4 Å². The molecule has 0 saturated carbocycles. The van der Waals surface area contributed by atoms with Gasteiger partial charge in [0, 0.05) is 29.8 Å². The zero-order valence-corrected chi connectivity index (χ0v) is 14.7. The zero-order valence-electron chi connectivity index (χ0n) is 14.7. The van der Waals surface area contributed by atoms with Gasteiger partial charge >= 0.3 is 0 Å². The topological polar surface area (TPSA) is 98.3 Å². The van der Waals surface area contributed by atoms with Crippen molar-refractivity contribution in [1.29, 1.82) is 0 Å². The van der Waals surface area contributed by atoms with Crippen molar-refractivity contribution >= 4 is 11.6 Å². The fourth-order valence-electron chi connectivity index (χ4n) is 2.58. The summed E-state index contributed by atoms with van der Waals surface area (Å²) in [6.45, 7) is 5.94. The van der Waals surface area contributed by atoms with E-state index in [1.54, 1.807) is 12.1 Å². The summed E-state index contributed by atoms with van der Waals surface area (Å²) in [5.41, 5.74) is 7.38. The van der Waals surface area contributed by atoms with Crippen LogP contribution in [0.4, 0.5) is 5.69 Å². The first kappa shape index (κ1) is 18.6. The number of benzene rings is 2. The second kappa shape index (κ2) is 7.44. The molecule has 0 fully saturated rings. The number of carbonyl (C=O) groups excluding carboxylic acids is 1. The summed E-state index contributed by atoms with van der Waals surface area (Å²) in [5.74, 6) is -0.380. The molecule has 0 aliphatic rings. The molecule has 1 amide bonds. The lowest BCUT2D eigenvalue weighted by Gasteiger charge is -2.19. The molecular weight excluding hydrogens is 318 g/mol. The van der Waals surface area contributed by atoms with Crippen molar-refractivity contribution in [3.63, 3.8) is 0 Å². The van der Waals surface area contributed by atoms with E-state index >= 15 is 0 Å². The molecule has 2 rings (SSSR count). The van der Waals surface area contributed by atoms with Gasteiger partial charge in [-0.25, -0.2) is 0 Å². The Kier molecular flexibility index (Phi) is 5.54. The predicted octanol–water partition coefficient (Wildman–Crippen LogP) is 3.32. The Hall–Kier alpha value is -2.73. The van der Waals surface area contributed by atoms with Crippen molar-refractivity contribution in [3.8, 4) is 0 Å². The smallest absolute Gasteiger partial charge is 0.273 e. The van der Waals surface area contributed by atoms with E-state index in [1.807, 2.05) is 51.1 Å². The van der Waals surface area contributed by atoms with E-state index in [9.17, 15) is 14.9 Å². The fourth-order valence-corrected chi connectivity index (χ4v) is 2.58. The molecule has 3 N–H and O–H groups in total. The van der Waals surface area contributed by atoms with Crippen molar-refractivity contribution in [2.24, 2.45) is 5.73 Å². The molecule has 0 radical (unpaired) electrons. The molecule has 0 bridgehead atoms. The number of hydrogen-bond donors (Lipinski definition) is 2. The van der Waals surface area contributed by atoms with Gasteiger partial charge in [-0.05, 0) is 17.0 Å². The monoisotopic (exact) mass is 341 g/mol. The van der Waals surface area contributed by atoms with Gasteiger partial charge in [-0.15, -0.1) is 0 Å². The summed E-state index contributed by atoms with van der Waals surface area (Å²) in [4.78, 5) is 23.2. The number of nitrogens with two attached hydrogens (primary N) is 1. The lowest BCUT2D eigenvalue weighted by Crippen LogP contribution is -2.32. The maximum Gasteiger partial charge on any atom is 0.273 e. The van der Waals surface area contributed by atoms with E-state index in [0.717, 1.165) is 5.56 Å². The minimum Gasteiger partial charge on any atom is -0.350 e. The van der Waals surface area contributed by atoms with Crippen molar-refractivity contribution in [2.75, 3.05) is 6.54 Å². The molecule has 132 valence electrons. The molecule has 2 aromatic rings. The summed E-state index contributed by atoms with van der Waals surface area (Å²) in [5, 5.41) is 14.1. The van der Waals surface area contributed by atoms with E-state index in [1.165, 1.54) is 6.07 Å². The Morgan fingerprint density at radius 1 is 1.20 bits per heavy atom. The van der Waals surface area contributed by atoms with Crippen molar-refractivity contribution in [1.82, 2.24) is 5.32 Å². The molecule has 1 unspecified atom stereocenters. The summed E-state index contributed by atoms with van der Waals surface area (Å²) >= 11 is 0. The quantitative estimate of drug-likeness (QED) is 0.644. The third-order valence-corrected chi connectivity index (χ3v) is 3.97. The van der Waals surface area contributed by atoms with Gasteiger partial charge in [-0.1, -0.05) is 57.2 Å². The van der Waals surface area contributed by atoms with Gasteiger partial charge in [-0.3, -0.25) is 14.9 Å². The normalized spacial score (nSPS) is 12.5. The van der Waals surface area contributed by atoms with E-state index in [2.05, 4.69) is 5.32 Å². The van der Waals surface area contributed by atoms with Crippen LogP contribution in [0.25, 0.3) is 0 Å². The van der Waals surface area contributed by atoms with Gasteiger partial charge in [0.25, 0.3) is 11.6 Å². The van der Waals surface area contributed by atoms with Gasteiger partial charge < -0.3 is 11.1 Å². The average Bonchev–Trinajstić information content (AvgIpc) is 2.58. The highest BCUT2D eigenvalue weighted by Crippen LogP contribution is 2.31. The highest BCUT2D eigenvalue weighted by molar-refractivity contribution is 5.95. The van der Waals surface area contributed by atoms with Gasteiger partial charge in [0.15, 0.2) is 0 Å². The molecule has 0 spiro atoms. The van der Waals surface area contributed by atoms with E-state index in [4.69, 9.17) is 5.73 Å². The number of hydrogen-bond acceptors (Lipinski definition) is 4. The van der Waals surface area contributed by atoms with Crippen LogP contribution in [-0.2, 0) is 5.41 Å². The molecule has 6 nitrogen and oxygen atoms in total. The van der Waals surface area contributed by atoms with E-state index in [-0.39, 0.29) is 35.2 Å². The van der Waals surface area contributed by atoms with Crippen molar-refractivity contribution in [3.05, 3.63) is 75.3 Å². The third kappa shape index (κ3) is 4.64. The van der Waals surface area contributed by atoms with Crippen LogP contribution in [0.5, 0.6) is 0 Å². The van der Waals surface area contributed by atoms with Gasteiger partial charge in [0.1, 0.15) is 0 Å². The largest absolute Gasteiger partial charge is 0.350 e. The van der Waals surface area contributed by atoms with Crippen molar-refractivity contribution < 1.29 is 9.72 Å². The molecule has 1 atom stereocenters. The van der Waals surface area contributed by atoms with E-state index < -0.39 is 4.92 Å². The maximum absolute atomic E-state index is 12.3. The second-order valence-electron chi connectivity index (χ2n) is 6.97. The van der Waals surface area contributed by atoms with Crippen LogP contribution in [0.1, 0.15) is 48.3 Å². The lowest BCUT2D eigenvalue weighted by atomic mass is 9.85. The average molecular weight is 341 g/mol. The van der Waals surface area contributed by atoms with Crippen LogP contribution in [0.2, 0.25) is 0 Å². The molecule has 25 heavy (non-hydrogen) atoms. The second-order valence-corrected chi connectivity index (χ2v) is 6.97. The highest BCUT2D eigenvalue weighted by atomic mass is 16.6. The van der Waals surface area contributed by atoms with Crippen LogP contribution < -0.4 is 11.1 Å². The fraction of sp³-hybridized carbons (Fsp3) is 0.316. The highest BCUT2D eigenvalue weighted by Gasteiger charge is 2.26. The standard InChI is InChI=1S/C19H23N3O3/c1-19(2,3)15-10-9-14(11-17(15)22(24)25)18(23)21-12-16(20)13-7-5-4-6-8-13/h4-11,16H,12,20H2,1-3H3,(H,21,23). The Morgan fingerprint density at radius 3 is 2.40 bits per heavy atom. The number of carbonyl (C=O) groups is 1. The van der Waals surface area contributed by atoms with E-state index in [0.29, 0.717) is 5.56 Å². The first-order chi connectivity index (χ1) is 11.7. The minimum absolute atomic E-state index is 0.0486. The van der Waals surface area contributed by atoms with Crippen LogP contribution >= 0.6 is 0 Å². The summed E-state index contributed by atoms with van der Waals surface area (Å²) in [7, 11) is 0. The Morgan fingerprint density at radius 2 is 1.84 bits per heavy atom. The van der Waals surface area contributed by atoms with Crippen molar-refractivity contribution in [2.45, 2.75) is 32.2 Å². The first-order valence-corrected chi connectivity index (χ1v) is 8.08.